The monoisotopic (exact) mass is 1120 g/mol. The van der Waals surface area contributed by atoms with Crippen LogP contribution in [0.2, 0.25) is 0 Å². The van der Waals surface area contributed by atoms with E-state index < -0.39 is 157 Å². The third-order valence-electron chi connectivity index (χ3n) is 13.7. The van der Waals surface area contributed by atoms with Crippen LogP contribution in [0.1, 0.15) is 108 Å². The van der Waals surface area contributed by atoms with Crippen molar-refractivity contribution in [3.63, 3.8) is 0 Å². The molecule has 1 fully saturated rings. The van der Waals surface area contributed by atoms with E-state index in [-0.39, 0.29) is 49.9 Å². The molecule has 0 aromatic heterocycles. The first-order valence-corrected chi connectivity index (χ1v) is 26.8. The molecule has 1 rings (SSSR count). The summed E-state index contributed by atoms with van der Waals surface area (Å²) in [6.07, 6.45) is -1.26. The fraction of sp³-hybridized carbons (Fsp3) is 0.741. The van der Waals surface area contributed by atoms with Gasteiger partial charge in [0.1, 0.15) is 48.4 Å². The summed E-state index contributed by atoms with van der Waals surface area (Å²) in [6.45, 7) is 16.4. The maximum absolute atomic E-state index is 14.6. The summed E-state index contributed by atoms with van der Waals surface area (Å²) in [5.74, 6) is -6.69. The number of hydrogen-bond acceptors (Lipinski definition) is 13. The van der Waals surface area contributed by atoms with Crippen LogP contribution in [-0.4, -0.2) is 239 Å². The molecule has 0 saturated carbocycles. The predicted molar refractivity (Wildman–Crippen MR) is 292 cm³/mol. The molecular weight excluding hydrogens is 1030 g/mol. The van der Waals surface area contributed by atoms with Gasteiger partial charge in [-0.25, -0.2) is 4.79 Å². The average Bonchev–Trinajstić information content (AvgIpc) is 3.35. The number of carbonyl (C=O) groups excluding carboxylic acids is 11. The molecule has 0 aromatic rings. The summed E-state index contributed by atoms with van der Waals surface area (Å²) in [5.41, 5.74) is 0. The molecule has 0 aliphatic carbocycles. The lowest BCUT2D eigenvalue weighted by molar-refractivity contribution is -0.152. The summed E-state index contributed by atoms with van der Waals surface area (Å²) < 4.78 is 0. The van der Waals surface area contributed by atoms with Crippen LogP contribution in [0.5, 0.6) is 0 Å². The average molecular weight is 1120 g/mol. The van der Waals surface area contributed by atoms with Crippen LogP contribution in [0.4, 0.5) is 0 Å². The van der Waals surface area contributed by atoms with E-state index in [1.807, 2.05) is 47.5 Å². The van der Waals surface area contributed by atoms with E-state index in [1.165, 1.54) is 73.0 Å². The Morgan fingerprint density at radius 2 is 0.975 bits per heavy atom. The van der Waals surface area contributed by atoms with Gasteiger partial charge in [-0.3, -0.25) is 52.7 Å². The van der Waals surface area contributed by atoms with Gasteiger partial charge in [-0.05, 0) is 75.5 Å². The number of carboxylic acids is 1. The van der Waals surface area contributed by atoms with Gasteiger partial charge >= 0.3 is 5.97 Å². The first kappa shape index (κ1) is 70.2. The van der Waals surface area contributed by atoms with Crippen molar-refractivity contribution in [1.82, 2.24) is 55.6 Å². The molecule has 25 heteroatoms. The molecule has 0 bridgehead atoms. The number of nitrogens with one attached hydrogen (secondary N) is 4. The highest BCUT2D eigenvalue weighted by atomic mass is 16.4. The maximum Gasteiger partial charge on any atom is 0.381 e. The fourth-order valence-corrected chi connectivity index (χ4v) is 8.84. The van der Waals surface area contributed by atoms with Gasteiger partial charge in [-0.2, -0.15) is 0 Å². The Morgan fingerprint density at radius 1 is 0.519 bits per heavy atom. The molecule has 1 heterocycles. The molecule has 0 aromatic carbocycles. The number of aliphatic hydroxyl groups is 1. The molecule has 11 amide bonds. The van der Waals surface area contributed by atoms with Gasteiger partial charge in [0.2, 0.25) is 65.0 Å². The second-order valence-electron chi connectivity index (χ2n) is 22.6. The molecule has 2 unspecified atom stereocenters. The van der Waals surface area contributed by atoms with Crippen molar-refractivity contribution >= 4 is 70.9 Å². The standard InChI is InChI=1S/C54H91N11O14/c1-30(2)21-38-50(75)58-47(33(7)8)54(79)60(13)27-42(67)56-35(10)48(73)57-36(11)51(76)64(17)41(23-32(5)6)53(78)65(18)40(22-31(3)4)52(77)61(14)29-45(70)63(16)39(25-34(9)24-37(66)19-20-46(71)72)49(74)55-26-43(68)59(12)28-44(69)62(38)15/h30-41,47,66H,21-29H2,1-18H3,(H,55,74)(H,56,67)(H,57,73)(H,58,75)(H,71,72)/t34-,35+,36+,37?,38+,39?,40+,41+,47+/m0/s1. The summed E-state index contributed by atoms with van der Waals surface area (Å²) in [4.78, 5) is 172. The maximum atomic E-state index is 14.6. The molecule has 0 spiro atoms. The summed E-state index contributed by atoms with van der Waals surface area (Å²) in [7, 11) is 9.49. The van der Waals surface area contributed by atoms with E-state index in [9.17, 15) is 62.6 Å². The molecule has 6 N–H and O–H groups in total. The van der Waals surface area contributed by atoms with Gasteiger partial charge in [0.15, 0.2) is 0 Å². The number of likely N-dealkylation sites (N-methyl/N-ethyl adjacent to an activating group) is 7. The van der Waals surface area contributed by atoms with E-state index in [2.05, 4.69) is 27.2 Å². The zero-order valence-electron chi connectivity index (χ0n) is 49.8. The minimum atomic E-state index is -1.47. The van der Waals surface area contributed by atoms with Crippen molar-refractivity contribution in [3.8, 4) is 11.8 Å². The van der Waals surface area contributed by atoms with Crippen molar-refractivity contribution in [3.05, 3.63) is 0 Å². The number of rotatable bonds is 11. The topological polar surface area (TPSA) is 316 Å². The van der Waals surface area contributed by atoms with Crippen molar-refractivity contribution in [2.75, 3.05) is 75.5 Å². The van der Waals surface area contributed by atoms with Gasteiger partial charge in [-0.15, -0.1) is 0 Å². The lowest BCUT2D eigenvalue weighted by Crippen LogP contribution is -2.59. The van der Waals surface area contributed by atoms with Crippen LogP contribution < -0.4 is 21.3 Å². The molecule has 1 saturated heterocycles. The molecular formula is C54H91N11O14. The zero-order chi connectivity index (χ0) is 61.1. The first-order valence-electron chi connectivity index (χ1n) is 26.8. The van der Waals surface area contributed by atoms with Crippen molar-refractivity contribution in [2.24, 2.45) is 29.6 Å². The first-order chi connectivity index (χ1) is 36.4. The molecule has 1 aliphatic rings. The highest BCUT2D eigenvalue weighted by molar-refractivity contribution is 5.98. The van der Waals surface area contributed by atoms with Crippen molar-refractivity contribution < 1.29 is 67.7 Å². The van der Waals surface area contributed by atoms with Crippen molar-refractivity contribution in [2.45, 2.75) is 157 Å². The highest BCUT2D eigenvalue weighted by Crippen LogP contribution is 2.22. The van der Waals surface area contributed by atoms with Crippen LogP contribution in [0.15, 0.2) is 0 Å². The number of hydrogen-bond donors (Lipinski definition) is 6. The highest BCUT2D eigenvalue weighted by Gasteiger charge is 2.40. The molecule has 446 valence electrons. The van der Waals surface area contributed by atoms with E-state index >= 15 is 0 Å². The number of carboxylic acid groups (broad SMARTS) is 1. The summed E-state index contributed by atoms with van der Waals surface area (Å²) in [6, 6.07) is -8.37. The molecule has 79 heavy (non-hydrogen) atoms. The number of carbonyl (C=O) groups is 12. The fourth-order valence-electron chi connectivity index (χ4n) is 8.84. The Hall–Kier alpha value is -6.84. The molecule has 1 aliphatic heterocycles. The van der Waals surface area contributed by atoms with Crippen LogP contribution in [0.3, 0.4) is 0 Å². The lowest BCUT2D eigenvalue weighted by Gasteiger charge is -2.38. The molecule has 9 atom stereocenters. The Bertz CT molecular complexity index is 2260. The minimum absolute atomic E-state index is 0.121. The zero-order valence-corrected chi connectivity index (χ0v) is 49.8. The predicted octanol–water partition coefficient (Wildman–Crippen LogP) is -1.05. The van der Waals surface area contributed by atoms with E-state index in [4.69, 9.17) is 5.11 Å². The smallest absolute Gasteiger partial charge is 0.381 e. The Kier molecular flexibility index (Phi) is 28.7. The van der Waals surface area contributed by atoms with Gasteiger partial charge in [0.05, 0.1) is 26.2 Å². The molecule has 0 radical (unpaired) electrons. The second-order valence-corrected chi connectivity index (χ2v) is 22.6. The number of amides is 11. The van der Waals surface area contributed by atoms with Crippen LogP contribution >= 0.6 is 0 Å². The van der Waals surface area contributed by atoms with Gasteiger partial charge in [0, 0.05) is 55.3 Å². The number of aliphatic hydroxyl groups excluding tert-OH is 1. The Balaban J connectivity index is 3.95. The normalized spacial score (nSPS) is 24.7. The SMILES string of the molecule is CC(C)C[C@@H]1C(=O)N[C@H](C(C)C)C(=O)N(C)CC(=O)N[C@H](C)C(=O)N[C@H](C)C(=O)N(C)[C@H](CC(C)C)C(=O)N(C)[C@H](CC(C)C)C(=O)N(C)CC(=O)N(C)C(C[C@@H](C)CC(O)C#CC(=O)O)C(=O)NCC(=O)N(C)CC(=O)N1C. The third-order valence-corrected chi connectivity index (χ3v) is 13.7. The Morgan fingerprint density at radius 3 is 1.47 bits per heavy atom. The second kappa shape index (κ2) is 32.3. The number of nitrogens with zero attached hydrogens (tertiary/aromatic N) is 7. The van der Waals surface area contributed by atoms with Gasteiger partial charge in [0.25, 0.3) is 0 Å². The van der Waals surface area contributed by atoms with E-state index in [0.717, 1.165) is 24.5 Å². The lowest BCUT2D eigenvalue weighted by atomic mass is 9.94. The van der Waals surface area contributed by atoms with E-state index in [1.54, 1.807) is 20.8 Å². The van der Waals surface area contributed by atoms with Crippen molar-refractivity contribution in [1.29, 1.82) is 0 Å². The van der Waals surface area contributed by atoms with Gasteiger partial charge in [-0.1, -0.05) is 68.2 Å². The van der Waals surface area contributed by atoms with Crippen LogP contribution in [0, 0.1) is 41.4 Å². The van der Waals surface area contributed by atoms with E-state index in [0.29, 0.717) is 0 Å². The summed E-state index contributed by atoms with van der Waals surface area (Å²) in [5, 5.41) is 29.8. The quantitative estimate of drug-likeness (QED) is 0.135. The minimum Gasteiger partial charge on any atom is -0.472 e. The summed E-state index contributed by atoms with van der Waals surface area (Å²) >= 11 is 0. The van der Waals surface area contributed by atoms with Crippen LogP contribution in [0.25, 0.3) is 0 Å². The third kappa shape index (κ3) is 22.4. The Labute approximate surface area is 466 Å². The van der Waals surface area contributed by atoms with Gasteiger partial charge < -0.3 is 65.8 Å². The molecule has 25 nitrogen and oxygen atoms in total. The van der Waals surface area contributed by atoms with Crippen LogP contribution in [-0.2, 0) is 57.5 Å². The number of aliphatic carboxylic acids is 1. The largest absolute Gasteiger partial charge is 0.472 e.